The average Bonchev–Trinajstić information content (AvgIpc) is 2.97. The van der Waals surface area contributed by atoms with Crippen LogP contribution < -0.4 is 10.5 Å². The van der Waals surface area contributed by atoms with Crippen LogP contribution in [0.5, 0.6) is 0 Å². The highest BCUT2D eigenvalue weighted by atomic mass is 32.2. The number of aryl methyl sites for hydroxylation is 1. The predicted octanol–water partition coefficient (Wildman–Crippen LogP) is 1.15. The summed E-state index contributed by atoms with van der Waals surface area (Å²) in [6, 6.07) is 1.79. The van der Waals surface area contributed by atoms with Crippen LogP contribution in [0.3, 0.4) is 0 Å². The SMILES string of the molecule is Cc1[nH]nc(CN)c1S(=O)(=O)NC(C)Cc1ccsc1. The minimum atomic E-state index is -3.61. The number of rotatable bonds is 6. The zero-order chi connectivity index (χ0) is 14.8. The Morgan fingerprint density at radius 3 is 2.90 bits per heavy atom. The fourth-order valence-electron chi connectivity index (χ4n) is 2.09. The predicted molar refractivity (Wildman–Crippen MR) is 79.0 cm³/mol. The Bertz CT molecular complexity index is 662. The molecule has 2 aromatic rings. The van der Waals surface area contributed by atoms with E-state index in [1.807, 2.05) is 23.8 Å². The number of sulfonamides is 1. The van der Waals surface area contributed by atoms with Crippen molar-refractivity contribution in [3.05, 3.63) is 33.8 Å². The van der Waals surface area contributed by atoms with Gasteiger partial charge in [0, 0.05) is 12.6 Å². The van der Waals surface area contributed by atoms with Crippen LogP contribution in [0.2, 0.25) is 0 Å². The molecule has 0 amide bonds. The van der Waals surface area contributed by atoms with Gasteiger partial charge in [-0.15, -0.1) is 0 Å². The highest BCUT2D eigenvalue weighted by Gasteiger charge is 2.25. The molecule has 0 radical (unpaired) electrons. The number of hydrogen-bond donors (Lipinski definition) is 3. The van der Waals surface area contributed by atoms with Crippen LogP contribution in [-0.2, 0) is 23.0 Å². The van der Waals surface area contributed by atoms with Crippen LogP contribution in [0.4, 0.5) is 0 Å². The molecule has 0 saturated carbocycles. The van der Waals surface area contributed by atoms with E-state index in [0.29, 0.717) is 17.8 Å². The Hall–Kier alpha value is -1.22. The van der Waals surface area contributed by atoms with Crippen molar-refractivity contribution in [2.45, 2.75) is 37.8 Å². The van der Waals surface area contributed by atoms with Gasteiger partial charge in [-0.25, -0.2) is 13.1 Å². The van der Waals surface area contributed by atoms with Crippen LogP contribution in [0.15, 0.2) is 21.7 Å². The minimum absolute atomic E-state index is 0.0828. The third-order valence-corrected chi connectivity index (χ3v) is 5.43. The van der Waals surface area contributed by atoms with Crippen LogP contribution in [0.1, 0.15) is 23.9 Å². The van der Waals surface area contributed by atoms with Crippen molar-refractivity contribution >= 4 is 21.4 Å². The van der Waals surface area contributed by atoms with Crippen LogP contribution in [0.25, 0.3) is 0 Å². The van der Waals surface area contributed by atoms with E-state index in [4.69, 9.17) is 5.73 Å². The fourth-order valence-corrected chi connectivity index (χ4v) is 4.39. The Kier molecular flexibility index (Phi) is 4.59. The number of aromatic amines is 1. The molecule has 1 unspecified atom stereocenters. The van der Waals surface area contributed by atoms with Gasteiger partial charge in [0.1, 0.15) is 4.90 Å². The summed E-state index contributed by atoms with van der Waals surface area (Å²) < 4.78 is 27.5. The smallest absolute Gasteiger partial charge is 0.244 e. The molecule has 1 atom stereocenters. The first-order chi connectivity index (χ1) is 9.44. The molecule has 6 nitrogen and oxygen atoms in total. The molecule has 0 spiro atoms. The van der Waals surface area contributed by atoms with Crippen molar-refractivity contribution in [1.82, 2.24) is 14.9 Å². The summed E-state index contributed by atoms with van der Waals surface area (Å²) >= 11 is 1.60. The molecule has 0 aromatic carbocycles. The highest BCUT2D eigenvalue weighted by Crippen LogP contribution is 2.18. The summed E-state index contributed by atoms with van der Waals surface area (Å²) in [7, 11) is -3.61. The molecule has 2 rings (SSSR count). The van der Waals surface area contributed by atoms with Crippen molar-refractivity contribution in [3.8, 4) is 0 Å². The lowest BCUT2D eigenvalue weighted by atomic mass is 10.1. The van der Waals surface area contributed by atoms with E-state index in [2.05, 4.69) is 14.9 Å². The first-order valence-corrected chi connectivity index (χ1v) is 8.64. The van der Waals surface area contributed by atoms with Gasteiger partial charge in [0.25, 0.3) is 0 Å². The van der Waals surface area contributed by atoms with Gasteiger partial charge in [-0.1, -0.05) is 0 Å². The normalized spacial score (nSPS) is 13.6. The maximum Gasteiger partial charge on any atom is 0.244 e. The molecule has 8 heteroatoms. The molecular formula is C12H18N4O2S2. The van der Waals surface area contributed by atoms with Crippen LogP contribution in [-0.4, -0.2) is 24.7 Å². The molecule has 110 valence electrons. The quantitative estimate of drug-likeness (QED) is 0.744. The van der Waals surface area contributed by atoms with E-state index in [1.54, 1.807) is 18.3 Å². The van der Waals surface area contributed by atoms with Crippen molar-refractivity contribution in [3.63, 3.8) is 0 Å². The van der Waals surface area contributed by atoms with Gasteiger partial charge in [0.2, 0.25) is 10.0 Å². The van der Waals surface area contributed by atoms with Crippen molar-refractivity contribution in [2.75, 3.05) is 0 Å². The van der Waals surface area contributed by atoms with E-state index in [-0.39, 0.29) is 17.5 Å². The van der Waals surface area contributed by atoms with Gasteiger partial charge in [0.05, 0.1) is 11.4 Å². The molecular weight excluding hydrogens is 296 g/mol. The number of aromatic nitrogens is 2. The number of nitrogens with one attached hydrogen (secondary N) is 2. The van der Waals surface area contributed by atoms with Crippen LogP contribution >= 0.6 is 11.3 Å². The van der Waals surface area contributed by atoms with E-state index in [9.17, 15) is 8.42 Å². The van der Waals surface area contributed by atoms with E-state index < -0.39 is 10.0 Å². The summed E-state index contributed by atoms with van der Waals surface area (Å²) in [6.07, 6.45) is 0.650. The maximum absolute atomic E-state index is 12.4. The molecule has 0 fully saturated rings. The lowest BCUT2D eigenvalue weighted by Gasteiger charge is -2.14. The molecule has 2 heterocycles. The lowest BCUT2D eigenvalue weighted by Crippen LogP contribution is -2.34. The first-order valence-electron chi connectivity index (χ1n) is 6.21. The van der Waals surface area contributed by atoms with Gasteiger partial charge in [-0.05, 0) is 42.7 Å². The fraction of sp³-hybridized carbons (Fsp3) is 0.417. The Labute approximate surface area is 122 Å². The Balaban J connectivity index is 2.16. The molecule has 0 aliphatic heterocycles. The number of nitrogens with two attached hydrogens (primary N) is 1. The lowest BCUT2D eigenvalue weighted by molar-refractivity contribution is 0.558. The zero-order valence-electron chi connectivity index (χ0n) is 11.4. The van der Waals surface area contributed by atoms with E-state index in [1.165, 1.54) is 0 Å². The Morgan fingerprint density at radius 1 is 1.55 bits per heavy atom. The number of thiophene rings is 1. The van der Waals surface area contributed by atoms with Crippen LogP contribution in [0, 0.1) is 6.92 Å². The molecule has 4 N–H and O–H groups in total. The second-order valence-electron chi connectivity index (χ2n) is 4.69. The third kappa shape index (κ3) is 3.26. The summed E-state index contributed by atoms with van der Waals surface area (Å²) in [6.45, 7) is 3.59. The van der Waals surface area contributed by atoms with Crippen molar-refractivity contribution in [2.24, 2.45) is 5.73 Å². The van der Waals surface area contributed by atoms with Crippen molar-refractivity contribution in [1.29, 1.82) is 0 Å². The molecule has 0 aliphatic carbocycles. The van der Waals surface area contributed by atoms with Gasteiger partial charge in [-0.3, -0.25) is 5.10 Å². The molecule has 0 bridgehead atoms. The number of H-pyrrole nitrogens is 1. The summed E-state index contributed by atoms with van der Waals surface area (Å²) in [5.41, 5.74) is 7.51. The second kappa shape index (κ2) is 6.04. The highest BCUT2D eigenvalue weighted by molar-refractivity contribution is 7.89. The zero-order valence-corrected chi connectivity index (χ0v) is 13.0. The molecule has 20 heavy (non-hydrogen) atoms. The minimum Gasteiger partial charge on any atom is -0.325 e. The third-order valence-electron chi connectivity index (χ3n) is 2.90. The number of hydrogen-bond acceptors (Lipinski definition) is 5. The maximum atomic E-state index is 12.4. The van der Waals surface area contributed by atoms with Crippen molar-refractivity contribution < 1.29 is 8.42 Å². The summed E-state index contributed by atoms with van der Waals surface area (Å²) in [5, 5.41) is 10.6. The van der Waals surface area contributed by atoms with Gasteiger partial charge < -0.3 is 5.73 Å². The summed E-state index contributed by atoms with van der Waals surface area (Å²) in [4.78, 5) is 0.164. The average molecular weight is 314 g/mol. The standard InChI is InChI=1S/C12H18N4O2S2/c1-8(5-10-3-4-19-7-10)16-20(17,18)12-9(2)14-15-11(12)6-13/h3-4,7-8,16H,5-6,13H2,1-2H3,(H,14,15). The van der Waals surface area contributed by atoms with E-state index in [0.717, 1.165) is 5.56 Å². The number of nitrogens with zero attached hydrogens (tertiary/aromatic N) is 1. The second-order valence-corrected chi connectivity index (χ2v) is 7.12. The molecule has 0 saturated heterocycles. The van der Waals surface area contributed by atoms with Gasteiger partial charge in [0.15, 0.2) is 0 Å². The molecule has 2 aromatic heterocycles. The topological polar surface area (TPSA) is 101 Å². The molecule has 0 aliphatic rings. The summed E-state index contributed by atoms with van der Waals surface area (Å²) in [5.74, 6) is 0. The van der Waals surface area contributed by atoms with Gasteiger partial charge in [-0.2, -0.15) is 16.4 Å². The van der Waals surface area contributed by atoms with Gasteiger partial charge >= 0.3 is 0 Å². The monoisotopic (exact) mass is 314 g/mol. The van der Waals surface area contributed by atoms with E-state index >= 15 is 0 Å². The largest absolute Gasteiger partial charge is 0.325 e. The first kappa shape index (κ1) is 15.2. The Morgan fingerprint density at radius 2 is 2.30 bits per heavy atom.